The van der Waals surface area contributed by atoms with Gasteiger partial charge in [-0.1, -0.05) is 13.8 Å². The lowest BCUT2D eigenvalue weighted by Gasteiger charge is -2.35. The Hall–Kier alpha value is 0.200. The van der Waals surface area contributed by atoms with E-state index in [1.807, 2.05) is 6.26 Å². The molecule has 1 fully saturated rings. The summed E-state index contributed by atoms with van der Waals surface area (Å²) in [4.78, 5) is 0. The molecule has 4 unspecified atom stereocenters. The van der Waals surface area contributed by atoms with Gasteiger partial charge in [0.1, 0.15) is 0 Å². The third kappa shape index (κ3) is 2.90. The first-order chi connectivity index (χ1) is 7.68. The summed E-state index contributed by atoms with van der Waals surface area (Å²) in [5, 5.41) is 2.02. The van der Waals surface area contributed by atoms with Crippen molar-refractivity contribution in [2.45, 2.75) is 48.5 Å². The molecule has 0 aromatic rings. The van der Waals surface area contributed by atoms with E-state index in [0.29, 0.717) is 10.5 Å². The van der Waals surface area contributed by atoms with Gasteiger partial charge in [0.15, 0.2) is 0 Å². The zero-order chi connectivity index (χ0) is 11.5. The molecule has 0 amide bonds. The number of hydrogen-bond donors (Lipinski definition) is 1. The molecule has 0 bridgehead atoms. The largest absolute Gasteiger partial charge is 0.501 e. The van der Waals surface area contributed by atoms with Gasteiger partial charge in [-0.2, -0.15) is 23.5 Å². The van der Waals surface area contributed by atoms with Crippen molar-refractivity contribution in [2.24, 2.45) is 5.73 Å². The van der Waals surface area contributed by atoms with Gasteiger partial charge in [-0.05, 0) is 18.4 Å². The Morgan fingerprint density at radius 1 is 1.44 bits per heavy atom. The Morgan fingerprint density at radius 3 is 2.88 bits per heavy atom. The van der Waals surface area contributed by atoms with E-state index in [1.165, 1.54) is 11.3 Å². The van der Waals surface area contributed by atoms with Crippen LogP contribution in [0.15, 0.2) is 11.8 Å². The molecule has 0 saturated carbocycles. The number of rotatable bonds is 2. The van der Waals surface area contributed by atoms with Crippen LogP contribution in [0.4, 0.5) is 0 Å². The fourth-order valence-corrected chi connectivity index (χ4v) is 5.13. The van der Waals surface area contributed by atoms with Gasteiger partial charge in [0.2, 0.25) is 0 Å². The summed E-state index contributed by atoms with van der Waals surface area (Å²) in [6, 6.07) is 0.188. The molecule has 2 N–H and O–H groups in total. The first kappa shape index (κ1) is 12.7. The lowest BCUT2D eigenvalue weighted by molar-refractivity contribution is 0.221. The summed E-state index contributed by atoms with van der Waals surface area (Å²) in [6.07, 6.45) is 4.14. The first-order valence-corrected chi connectivity index (χ1v) is 8.01. The second-order valence-corrected chi connectivity index (χ2v) is 7.64. The highest BCUT2D eigenvalue weighted by atomic mass is 32.2. The molecule has 2 rings (SSSR count). The fraction of sp³-hybridized carbons (Fsp3) is 0.833. The van der Waals surface area contributed by atoms with Gasteiger partial charge in [0, 0.05) is 27.5 Å². The second-order valence-electron chi connectivity index (χ2n) is 4.61. The molecule has 92 valence electrons. The molecule has 4 atom stereocenters. The molecule has 0 radical (unpaired) electrons. The zero-order valence-corrected chi connectivity index (χ0v) is 11.7. The summed E-state index contributed by atoms with van der Waals surface area (Å²) in [7, 11) is 0. The Kier molecular flexibility index (Phi) is 4.50. The first-order valence-electron chi connectivity index (χ1n) is 6.01. The molecule has 2 aliphatic rings. The Bertz CT molecular complexity index is 270. The molecular weight excluding hydrogens is 238 g/mol. The lowest BCUT2D eigenvalue weighted by atomic mass is 10.0. The van der Waals surface area contributed by atoms with Crippen molar-refractivity contribution in [1.82, 2.24) is 0 Å². The number of thioether (sulfide) groups is 2. The minimum atomic E-state index is 0.188. The van der Waals surface area contributed by atoms with E-state index < -0.39 is 0 Å². The highest BCUT2D eigenvalue weighted by Crippen LogP contribution is 2.38. The van der Waals surface area contributed by atoms with E-state index in [0.717, 1.165) is 24.7 Å². The molecule has 0 aromatic carbocycles. The van der Waals surface area contributed by atoms with Gasteiger partial charge in [0.05, 0.1) is 12.9 Å². The maximum Gasteiger partial charge on any atom is 0.0876 e. The van der Waals surface area contributed by atoms with Gasteiger partial charge in [-0.3, -0.25) is 0 Å². The van der Waals surface area contributed by atoms with Gasteiger partial charge >= 0.3 is 0 Å². The maximum absolute atomic E-state index is 6.35. The SMILES string of the molecule is CC1SCC(C(N)C2=COCCC2)SC1C. The van der Waals surface area contributed by atoms with E-state index in [1.54, 1.807) is 0 Å². The minimum absolute atomic E-state index is 0.188. The van der Waals surface area contributed by atoms with E-state index in [2.05, 4.69) is 37.4 Å². The second kappa shape index (κ2) is 5.69. The highest BCUT2D eigenvalue weighted by molar-refractivity contribution is 8.07. The molecule has 16 heavy (non-hydrogen) atoms. The molecule has 2 heterocycles. The summed E-state index contributed by atoms with van der Waals surface area (Å²) in [6.45, 7) is 5.48. The predicted octanol–water partition coefficient (Wildman–Crippen LogP) is 2.63. The monoisotopic (exact) mass is 259 g/mol. The van der Waals surface area contributed by atoms with Crippen LogP contribution in [0.3, 0.4) is 0 Å². The standard InChI is InChI=1S/C12H21NOS2/c1-8-9(2)16-11(7-15-8)12(13)10-4-3-5-14-6-10/h6,8-9,11-12H,3-5,7,13H2,1-2H3. The van der Waals surface area contributed by atoms with Crippen molar-refractivity contribution in [3.05, 3.63) is 11.8 Å². The van der Waals surface area contributed by atoms with Crippen LogP contribution in [0.5, 0.6) is 0 Å². The molecule has 2 aliphatic heterocycles. The minimum Gasteiger partial charge on any atom is -0.501 e. The average Bonchev–Trinajstić information content (AvgIpc) is 2.33. The molecule has 0 aromatic heterocycles. The number of hydrogen-bond acceptors (Lipinski definition) is 4. The lowest BCUT2D eigenvalue weighted by Crippen LogP contribution is -2.41. The highest BCUT2D eigenvalue weighted by Gasteiger charge is 2.31. The van der Waals surface area contributed by atoms with E-state index in [-0.39, 0.29) is 6.04 Å². The number of ether oxygens (including phenoxy) is 1. The molecule has 2 nitrogen and oxygen atoms in total. The average molecular weight is 259 g/mol. The van der Waals surface area contributed by atoms with E-state index in [4.69, 9.17) is 10.5 Å². The maximum atomic E-state index is 6.35. The molecule has 4 heteroatoms. The van der Waals surface area contributed by atoms with Gasteiger partial charge in [-0.15, -0.1) is 0 Å². The predicted molar refractivity (Wildman–Crippen MR) is 74.0 cm³/mol. The van der Waals surface area contributed by atoms with Crippen LogP contribution in [-0.4, -0.2) is 34.2 Å². The summed E-state index contributed by atoms with van der Waals surface area (Å²) in [5.74, 6) is 1.18. The van der Waals surface area contributed by atoms with Crippen molar-refractivity contribution < 1.29 is 4.74 Å². The quantitative estimate of drug-likeness (QED) is 0.827. The van der Waals surface area contributed by atoms with Crippen molar-refractivity contribution in [2.75, 3.05) is 12.4 Å². The third-order valence-corrected chi connectivity index (χ3v) is 6.88. The van der Waals surface area contributed by atoms with Crippen molar-refractivity contribution in [3.63, 3.8) is 0 Å². The fourth-order valence-electron chi connectivity index (χ4n) is 2.06. The van der Waals surface area contributed by atoms with Crippen LogP contribution in [-0.2, 0) is 4.74 Å². The Morgan fingerprint density at radius 2 is 2.25 bits per heavy atom. The number of nitrogens with two attached hydrogens (primary N) is 1. The molecule has 0 spiro atoms. The Labute approximate surface area is 107 Å². The Balaban J connectivity index is 1.94. The van der Waals surface area contributed by atoms with Crippen molar-refractivity contribution in [1.29, 1.82) is 0 Å². The summed E-state index contributed by atoms with van der Waals surface area (Å²) >= 11 is 4.11. The smallest absolute Gasteiger partial charge is 0.0876 e. The molecule has 0 aliphatic carbocycles. The van der Waals surface area contributed by atoms with Crippen LogP contribution < -0.4 is 5.73 Å². The van der Waals surface area contributed by atoms with E-state index >= 15 is 0 Å². The summed E-state index contributed by atoms with van der Waals surface area (Å²) in [5.41, 5.74) is 7.66. The van der Waals surface area contributed by atoms with Gasteiger partial charge in [0.25, 0.3) is 0 Å². The van der Waals surface area contributed by atoms with Crippen LogP contribution in [0, 0.1) is 0 Å². The summed E-state index contributed by atoms with van der Waals surface area (Å²) < 4.78 is 5.38. The molecular formula is C12H21NOS2. The van der Waals surface area contributed by atoms with Crippen LogP contribution in [0.25, 0.3) is 0 Å². The normalized spacial score (nSPS) is 37.4. The van der Waals surface area contributed by atoms with Crippen LogP contribution in [0.2, 0.25) is 0 Å². The van der Waals surface area contributed by atoms with Gasteiger partial charge < -0.3 is 10.5 Å². The van der Waals surface area contributed by atoms with Crippen LogP contribution >= 0.6 is 23.5 Å². The zero-order valence-electron chi connectivity index (χ0n) is 10.0. The van der Waals surface area contributed by atoms with Crippen molar-refractivity contribution in [3.8, 4) is 0 Å². The van der Waals surface area contributed by atoms with Crippen molar-refractivity contribution >= 4 is 23.5 Å². The van der Waals surface area contributed by atoms with Crippen LogP contribution in [0.1, 0.15) is 26.7 Å². The van der Waals surface area contributed by atoms with Gasteiger partial charge in [-0.25, -0.2) is 0 Å². The topological polar surface area (TPSA) is 35.2 Å². The third-order valence-electron chi connectivity index (χ3n) is 3.36. The van der Waals surface area contributed by atoms with E-state index in [9.17, 15) is 0 Å². The molecule has 1 saturated heterocycles.